The lowest BCUT2D eigenvalue weighted by atomic mass is 10.1. The number of nitrogens with zero attached hydrogens (tertiary/aromatic N) is 3. The van der Waals surface area contributed by atoms with E-state index in [2.05, 4.69) is 17.0 Å². The van der Waals surface area contributed by atoms with E-state index >= 15 is 0 Å². The lowest BCUT2D eigenvalue weighted by Gasteiger charge is -2.28. The second kappa shape index (κ2) is 12.3. The molecule has 3 aromatic rings. The van der Waals surface area contributed by atoms with Crippen molar-refractivity contribution in [3.05, 3.63) is 92.8 Å². The number of halogens is 2. The first-order chi connectivity index (χ1) is 18.5. The Bertz CT molecular complexity index is 1330. The summed E-state index contributed by atoms with van der Waals surface area (Å²) in [6.45, 7) is 5.04. The lowest BCUT2D eigenvalue weighted by Crippen LogP contribution is -2.29. The zero-order chi connectivity index (χ0) is 26.5. The van der Waals surface area contributed by atoms with Gasteiger partial charge in [0, 0.05) is 25.3 Å². The van der Waals surface area contributed by atoms with E-state index < -0.39 is 0 Å². The molecule has 0 N–H and O–H groups in total. The fourth-order valence-electron chi connectivity index (χ4n) is 4.55. The molecule has 0 unspecified atom stereocenters. The van der Waals surface area contributed by atoms with Crippen molar-refractivity contribution < 1.29 is 9.53 Å². The molecule has 2 fully saturated rings. The number of thioether (sulfide) groups is 1. The number of benzene rings is 3. The summed E-state index contributed by atoms with van der Waals surface area (Å²) < 4.78 is 5.88. The number of carbonyl (C=O) groups excluding carboxylic acids is 1. The van der Waals surface area contributed by atoms with E-state index in [9.17, 15) is 4.79 Å². The highest BCUT2D eigenvalue weighted by Crippen LogP contribution is 2.38. The van der Waals surface area contributed by atoms with Crippen molar-refractivity contribution in [3.8, 4) is 5.75 Å². The van der Waals surface area contributed by atoms with Crippen molar-refractivity contribution in [1.29, 1.82) is 0 Å². The first-order valence-electron chi connectivity index (χ1n) is 12.8. The van der Waals surface area contributed by atoms with Crippen LogP contribution >= 0.6 is 35.0 Å². The summed E-state index contributed by atoms with van der Waals surface area (Å²) in [5, 5.41) is 1.45. The quantitative estimate of drug-likeness (QED) is 0.271. The number of amides is 1. The highest BCUT2D eigenvalue weighted by Gasteiger charge is 2.32. The van der Waals surface area contributed by atoms with Gasteiger partial charge in [0.2, 0.25) is 0 Å². The molecule has 0 aliphatic carbocycles. The average Bonchev–Trinajstić information content (AvgIpc) is 3.22. The van der Waals surface area contributed by atoms with Crippen LogP contribution in [0.3, 0.4) is 0 Å². The lowest BCUT2D eigenvalue weighted by molar-refractivity contribution is -0.122. The van der Waals surface area contributed by atoms with Gasteiger partial charge in [-0.15, -0.1) is 0 Å². The Morgan fingerprint density at radius 2 is 1.66 bits per heavy atom. The molecule has 0 spiro atoms. The zero-order valence-corrected chi connectivity index (χ0v) is 23.5. The van der Waals surface area contributed by atoms with Gasteiger partial charge in [0.15, 0.2) is 10.9 Å². The van der Waals surface area contributed by atoms with Gasteiger partial charge in [-0.05, 0) is 91.5 Å². The zero-order valence-electron chi connectivity index (χ0n) is 21.2. The van der Waals surface area contributed by atoms with E-state index in [-0.39, 0.29) is 5.91 Å². The number of carbonyl (C=O) groups is 1. The molecule has 8 heteroatoms. The van der Waals surface area contributed by atoms with E-state index in [1.165, 1.54) is 36.7 Å². The third kappa shape index (κ3) is 6.20. The molecule has 196 valence electrons. The van der Waals surface area contributed by atoms with Gasteiger partial charge in [-0.2, -0.15) is 0 Å². The highest BCUT2D eigenvalue weighted by atomic mass is 35.5. The summed E-state index contributed by atoms with van der Waals surface area (Å²) in [5.41, 5.74) is 3.80. The Balaban J connectivity index is 1.32. The van der Waals surface area contributed by atoms with Crippen molar-refractivity contribution in [2.45, 2.75) is 32.8 Å². The van der Waals surface area contributed by atoms with Crippen molar-refractivity contribution in [1.82, 2.24) is 4.90 Å². The van der Waals surface area contributed by atoms with Crippen LogP contribution in [0.5, 0.6) is 5.75 Å². The Kier molecular flexibility index (Phi) is 8.62. The monoisotopic (exact) mass is 565 g/mol. The number of amidine groups is 1. The largest absolute Gasteiger partial charge is 0.486 e. The molecule has 0 radical (unpaired) electrons. The van der Waals surface area contributed by atoms with E-state index in [0.29, 0.717) is 39.0 Å². The molecule has 5 nitrogen and oxygen atoms in total. The summed E-state index contributed by atoms with van der Waals surface area (Å²) in [6.07, 6.45) is 5.59. The molecule has 38 heavy (non-hydrogen) atoms. The van der Waals surface area contributed by atoms with Crippen molar-refractivity contribution in [3.63, 3.8) is 0 Å². The molecule has 0 bridgehead atoms. The molecule has 0 atom stereocenters. The van der Waals surface area contributed by atoms with Crippen LogP contribution in [0.25, 0.3) is 6.08 Å². The van der Waals surface area contributed by atoms with Gasteiger partial charge < -0.3 is 9.64 Å². The van der Waals surface area contributed by atoms with Gasteiger partial charge in [0.1, 0.15) is 6.61 Å². The highest BCUT2D eigenvalue weighted by molar-refractivity contribution is 8.18. The van der Waals surface area contributed by atoms with E-state index in [1.807, 2.05) is 49.4 Å². The summed E-state index contributed by atoms with van der Waals surface area (Å²) in [5.74, 6) is 0.341. The number of likely N-dealkylation sites (N-methyl/N-ethyl adjacent to an activating group) is 1. The third-order valence-electron chi connectivity index (χ3n) is 6.54. The minimum Gasteiger partial charge on any atom is -0.486 e. The number of hydrogen-bond acceptors (Lipinski definition) is 5. The van der Waals surface area contributed by atoms with Gasteiger partial charge >= 0.3 is 0 Å². The SMILES string of the molecule is CCN1C(=O)/C(=C/c2cc(Cl)c(OCc3ccccc3)c(Cl)c2)SC1=Nc1ccc(N2CCCCC2)cc1. The standard InChI is InChI=1S/C30H29Cl2N3O2S/c1-2-35-29(36)27(38-30(35)33-23-11-13-24(14-12-23)34-15-7-4-8-16-34)19-22-17-25(31)28(26(32)18-22)37-20-21-9-5-3-6-10-21/h3,5-6,9-14,17-19H,2,4,7-8,15-16,20H2,1H3/b27-19-,33-30?. The maximum atomic E-state index is 13.2. The van der Waals surface area contributed by atoms with Crippen LogP contribution in [0.2, 0.25) is 10.0 Å². The Morgan fingerprint density at radius 3 is 2.32 bits per heavy atom. The number of anilines is 1. The van der Waals surface area contributed by atoms with Crippen LogP contribution in [0.15, 0.2) is 76.6 Å². The summed E-state index contributed by atoms with van der Waals surface area (Å²) >= 11 is 14.4. The minimum atomic E-state index is -0.0853. The summed E-state index contributed by atoms with van der Waals surface area (Å²) in [4.78, 5) is 22.6. The number of rotatable bonds is 7. The third-order valence-corrected chi connectivity index (χ3v) is 8.11. The minimum absolute atomic E-state index is 0.0853. The molecular formula is C30H29Cl2N3O2S. The second-order valence-corrected chi connectivity index (χ2v) is 11.0. The first-order valence-corrected chi connectivity index (χ1v) is 14.4. The molecule has 2 aliphatic heterocycles. The number of aliphatic imine (C=N–C) groups is 1. The topological polar surface area (TPSA) is 45.1 Å². The van der Waals surface area contributed by atoms with E-state index in [1.54, 1.807) is 23.1 Å². The molecule has 2 heterocycles. The summed E-state index contributed by atoms with van der Waals surface area (Å²) in [7, 11) is 0. The number of hydrogen-bond donors (Lipinski definition) is 0. The van der Waals surface area contributed by atoms with Crippen LogP contribution in [-0.4, -0.2) is 35.6 Å². The fourth-order valence-corrected chi connectivity index (χ4v) is 6.23. The normalized spacial score (nSPS) is 18.0. The van der Waals surface area contributed by atoms with Crippen LogP contribution < -0.4 is 9.64 Å². The van der Waals surface area contributed by atoms with Gasteiger partial charge in [-0.25, -0.2) is 4.99 Å². The van der Waals surface area contributed by atoms with E-state index in [0.717, 1.165) is 29.9 Å². The van der Waals surface area contributed by atoms with Crippen molar-refractivity contribution in [2.75, 3.05) is 24.5 Å². The molecule has 2 aliphatic rings. The van der Waals surface area contributed by atoms with Gasteiger partial charge in [0.25, 0.3) is 5.91 Å². The van der Waals surface area contributed by atoms with Gasteiger partial charge in [-0.3, -0.25) is 9.69 Å². The summed E-state index contributed by atoms with van der Waals surface area (Å²) in [6, 6.07) is 21.6. The Labute approximate surface area is 238 Å². The first kappa shape index (κ1) is 26.7. The Morgan fingerprint density at radius 1 is 0.974 bits per heavy atom. The maximum absolute atomic E-state index is 13.2. The predicted molar refractivity (Wildman–Crippen MR) is 160 cm³/mol. The Hall–Kier alpha value is -2.93. The van der Waals surface area contributed by atoms with Crippen LogP contribution in [-0.2, 0) is 11.4 Å². The van der Waals surface area contributed by atoms with E-state index in [4.69, 9.17) is 32.9 Å². The molecular weight excluding hydrogens is 537 g/mol. The van der Waals surface area contributed by atoms with Crippen molar-refractivity contribution >= 4 is 63.5 Å². The molecule has 1 amide bonds. The predicted octanol–water partition coefficient (Wildman–Crippen LogP) is 8.19. The molecule has 0 aromatic heterocycles. The van der Waals surface area contributed by atoms with Crippen LogP contribution in [0, 0.1) is 0 Å². The second-order valence-electron chi connectivity index (χ2n) is 9.21. The smallest absolute Gasteiger partial charge is 0.266 e. The molecule has 3 aromatic carbocycles. The van der Waals surface area contributed by atoms with Gasteiger partial charge in [-0.1, -0.05) is 53.5 Å². The molecule has 2 saturated heterocycles. The number of ether oxygens (including phenoxy) is 1. The fraction of sp³-hybridized carbons (Fsp3) is 0.267. The average molecular weight is 567 g/mol. The van der Waals surface area contributed by atoms with Gasteiger partial charge in [0.05, 0.1) is 20.6 Å². The molecule has 5 rings (SSSR count). The van der Waals surface area contributed by atoms with Crippen molar-refractivity contribution in [2.24, 2.45) is 4.99 Å². The van der Waals surface area contributed by atoms with Crippen LogP contribution in [0.4, 0.5) is 11.4 Å². The van der Waals surface area contributed by atoms with Crippen LogP contribution in [0.1, 0.15) is 37.3 Å². The number of piperidine rings is 1. The maximum Gasteiger partial charge on any atom is 0.266 e. The molecule has 0 saturated carbocycles.